The Morgan fingerprint density at radius 3 is 0.738 bits per heavy atom. The number of H-pyrrole nitrogens is 2. The molecule has 80 heavy (non-hydrogen) atoms. The topological polar surface area (TPSA) is 146 Å². The molecule has 2 aliphatic rings. The van der Waals surface area contributed by atoms with Crippen LogP contribution < -0.4 is 18.9 Å². The molecule has 5 heterocycles. The number of aromatic amines is 2. The third kappa shape index (κ3) is 8.84. The number of nitrogens with zero attached hydrogens (tertiary/aromatic N) is 6. The molecule has 0 radical (unpaired) electrons. The van der Waals surface area contributed by atoms with E-state index < -0.39 is 0 Å². The van der Waals surface area contributed by atoms with Crippen LogP contribution in [0.3, 0.4) is 0 Å². The maximum Gasteiger partial charge on any atom is 0.166 e. The van der Waals surface area contributed by atoms with Crippen LogP contribution in [0.5, 0.6) is 46.0 Å². The summed E-state index contributed by atoms with van der Waals surface area (Å²) in [5, 5.41) is -0.122. The molecule has 24 heteroatoms. The highest BCUT2D eigenvalue weighted by Gasteiger charge is 2.36. The molecule has 0 fully saturated rings. The fourth-order valence-electron chi connectivity index (χ4n) is 9.05. The number of hydrogen-bond acceptors (Lipinski definition) is 10. The van der Waals surface area contributed by atoms with E-state index in [4.69, 9.17) is 188 Å². The maximum atomic E-state index is 7.42. The Balaban J connectivity index is 1.21. The molecule has 12 nitrogen and oxygen atoms in total. The predicted octanol–water partition coefficient (Wildman–Crippen LogP) is 21.9. The zero-order valence-electron chi connectivity index (χ0n) is 39.4. The van der Waals surface area contributed by atoms with Crippen LogP contribution in [-0.4, -0.2) is 39.9 Å². The molecular formula is C56H22Cl12N8O4. The van der Waals surface area contributed by atoms with Crippen LogP contribution >= 0.6 is 139 Å². The van der Waals surface area contributed by atoms with E-state index in [2.05, 4.69) is 9.97 Å². The van der Waals surface area contributed by atoms with Crippen molar-refractivity contribution in [1.29, 1.82) is 0 Å². The lowest BCUT2D eigenvalue weighted by molar-refractivity contribution is 0.483. The van der Waals surface area contributed by atoms with Gasteiger partial charge in [-0.05, 0) is 48.5 Å². The number of hydrogen-bond donors (Lipinski definition) is 2. The van der Waals surface area contributed by atoms with Crippen molar-refractivity contribution in [2.24, 2.45) is 0 Å². The summed E-state index contributed by atoms with van der Waals surface area (Å²) in [7, 11) is 0. The Bertz CT molecular complexity index is 4340. The Morgan fingerprint density at radius 1 is 0.237 bits per heavy atom. The summed E-state index contributed by atoms with van der Waals surface area (Å²) in [6.45, 7) is 0. The van der Waals surface area contributed by atoms with Gasteiger partial charge in [-0.1, -0.05) is 212 Å². The molecule has 8 aromatic carbocycles. The van der Waals surface area contributed by atoms with Crippen LogP contribution in [-0.2, 0) is 0 Å². The number of halogens is 12. The molecule has 2 N–H and O–H groups in total. The first-order valence-electron chi connectivity index (χ1n) is 23.2. The number of aromatic nitrogens is 8. The van der Waals surface area contributed by atoms with E-state index in [9.17, 15) is 0 Å². The molecule has 0 amide bonds. The van der Waals surface area contributed by atoms with E-state index in [0.717, 1.165) is 0 Å². The van der Waals surface area contributed by atoms with Crippen molar-refractivity contribution in [3.05, 3.63) is 182 Å². The molecule has 0 spiro atoms. The molecule has 13 rings (SSSR count). The predicted molar refractivity (Wildman–Crippen MR) is 322 cm³/mol. The molecule has 11 aromatic rings. The van der Waals surface area contributed by atoms with Crippen LogP contribution in [0.15, 0.2) is 121 Å². The highest BCUT2D eigenvalue weighted by molar-refractivity contribution is 6.53. The molecular weight excluding hydrogens is 1270 g/mol. The molecule has 0 saturated heterocycles. The first-order chi connectivity index (χ1) is 38.7. The van der Waals surface area contributed by atoms with Crippen molar-refractivity contribution < 1.29 is 18.9 Å². The zero-order valence-corrected chi connectivity index (χ0v) is 48.5. The largest absolute Gasteiger partial charge is 0.454 e. The molecule has 0 saturated carbocycles. The summed E-state index contributed by atoms with van der Waals surface area (Å²) >= 11 is 87.4. The first kappa shape index (κ1) is 53.1. The Hall–Kier alpha value is -6.20. The number of fused-ring (bicyclic) bond motifs is 20. The molecule has 3 aromatic heterocycles. The normalized spacial score (nSPS) is 11.8. The van der Waals surface area contributed by atoms with Crippen LogP contribution in [0, 0.1) is 0 Å². The van der Waals surface area contributed by atoms with Crippen molar-refractivity contribution in [3.63, 3.8) is 0 Å². The van der Waals surface area contributed by atoms with Gasteiger partial charge in [-0.25, -0.2) is 29.9 Å². The minimum atomic E-state index is -0.0823. The Labute approximate surface area is 510 Å². The third-order valence-electron chi connectivity index (χ3n) is 12.6. The van der Waals surface area contributed by atoms with E-state index in [1.54, 1.807) is 97.1 Å². The van der Waals surface area contributed by atoms with Gasteiger partial charge in [0.25, 0.3) is 0 Å². The van der Waals surface area contributed by atoms with Gasteiger partial charge in [-0.2, -0.15) is 0 Å². The van der Waals surface area contributed by atoms with Crippen molar-refractivity contribution >= 4 is 183 Å². The number of rotatable bonds is 8. The molecule has 8 bridgehead atoms. The molecule has 2 aliphatic heterocycles. The van der Waals surface area contributed by atoms with Gasteiger partial charge < -0.3 is 28.9 Å². The maximum absolute atomic E-state index is 7.42. The van der Waals surface area contributed by atoms with Gasteiger partial charge in [-0.3, -0.25) is 0 Å². The Morgan fingerprint density at radius 2 is 0.463 bits per heavy atom. The molecule has 394 valence electrons. The van der Waals surface area contributed by atoms with E-state index in [0.29, 0.717) is 23.0 Å². The van der Waals surface area contributed by atoms with Crippen molar-refractivity contribution in [2.75, 3.05) is 0 Å². The van der Waals surface area contributed by atoms with E-state index in [1.807, 2.05) is 24.3 Å². The Kier molecular flexibility index (Phi) is 13.9. The second-order valence-corrected chi connectivity index (χ2v) is 21.9. The summed E-state index contributed by atoms with van der Waals surface area (Å²) in [4.78, 5) is 36.9. The molecule has 0 aliphatic carbocycles. The van der Waals surface area contributed by atoms with Crippen LogP contribution in [0.2, 0.25) is 60.3 Å². The first-order valence-corrected chi connectivity index (χ1v) is 27.8. The molecule has 0 unspecified atom stereocenters. The van der Waals surface area contributed by atoms with E-state index in [-0.39, 0.29) is 173 Å². The number of para-hydroxylation sites is 4. The summed E-state index contributed by atoms with van der Waals surface area (Å²) in [5.74, 6) is 1.15. The lowest BCUT2D eigenvalue weighted by Gasteiger charge is -2.14. The lowest BCUT2D eigenvalue weighted by atomic mass is 10.1. The highest BCUT2D eigenvalue weighted by atomic mass is 35.5. The highest BCUT2D eigenvalue weighted by Crippen LogP contribution is 2.57. The van der Waals surface area contributed by atoms with E-state index >= 15 is 0 Å². The summed E-state index contributed by atoms with van der Waals surface area (Å²) in [6.07, 6.45) is 0. The van der Waals surface area contributed by atoms with E-state index in [1.165, 1.54) is 0 Å². The number of benzene rings is 8. The molecule has 0 atom stereocenters. The van der Waals surface area contributed by atoms with Gasteiger partial charge in [0.2, 0.25) is 0 Å². The zero-order chi connectivity index (χ0) is 55.4. The fraction of sp³-hybridized carbons (Fsp3) is 0. The van der Waals surface area contributed by atoms with Crippen molar-refractivity contribution in [1.82, 2.24) is 39.9 Å². The van der Waals surface area contributed by atoms with Crippen LogP contribution in [0.1, 0.15) is 0 Å². The lowest BCUT2D eigenvalue weighted by Crippen LogP contribution is -1.93. The smallest absolute Gasteiger partial charge is 0.166 e. The standard InChI is InChI=1S/C56H22Cl12N8O4/c57-33-25-29(37(61)45(41(33)65)77-21-13-5-1-6-14-21)53-69-49(25)74-54-31-27(35(59)43(67)47(39(31)63)79-23-17-9-3-10-18-23)51(71-54)76-56-32-28(36(60)44(68)48(40(32)64)80-24-19-11-4-12-20-24)52(72-56)75-55-30-26(50(70-55)73-53)34(58)42(66)46(38(30)62)78-22-15-7-2-8-16-22/h1-20H,(H2,69,70,71,72,73,74,75,76). The summed E-state index contributed by atoms with van der Waals surface area (Å²) in [6, 6.07) is 35.2. The van der Waals surface area contributed by atoms with Crippen molar-refractivity contribution in [3.8, 4) is 91.5 Å². The van der Waals surface area contributed by atoms with Gasteiger partial charge >= 0.3 is 0 Å². The number of nitrogens with one attached hydrogen (secondary N) is 2. The quantitative estimate of drug-likeness (QED) is 0.141. The minimum Gasteiger partial charge on any atom is -0.454 e. The fourth-order valence-corrected chi connectivity index (χ4v) is 12.5. The van der Waals surface area contributed by atoms with Gasteiger partial charge in [0, 0.05) is 0 Å². The van der Waals surface area contributed by atoms with Gasteiger partial charge in [-0.15, -0.1) is 0 Å². The van der Waals surface area contributed by atoms with Crippen LogP contribution in [0.4, 0.5) is 0 Å². The van der Waals surface area contributed by atoms with Gasteiger partial charge in [0.1, 0.15) is 65.7 Å². The second kappa shape index (κ2) is 21.0. The number of ether oxygens (including phenoxy) is 4. The monoisotopic (exact) mass is 1290 g/mol. The SMILES string of the molecule is Clc1c(Cl)c2c(c(Cl)c1Oc1ccccc1)-c1nc-2nc2[nH]c(nc3nc(nc4[nH]c(n1)c1c(Cl)c(Cl)c(Oc5ccccc5)c(Cl)c41)-c1c(Cl)c(Cl)c(Oc4ccccc4)c(Cl)c1-3)c1c(Cl)c(Cl)c(Oc3ccccc3)c(Cl)c21. The average Bonchev–Trinajstić information content (AvgIpc) is 4.28. The summed E-state index contributed by atoms with van der Waals surface area (Å²) < 4.78 is 25.3. The summed E-state index contributed by atoms with van der Waals surface area (Å²) in [5.41, 5.74) is 0.541. The third-order valence-corrected chi connectivity index (χ3v) is 17.4. The van der Waals surface area contributed by atoms with Crippen LogP contribution in [0.25, 0.3) is 89.7 Å². The average molecular weight is 1300 g/mol. The van der Waals surface area contributed by atoms with Gasteiger partial charge in [0.15, 0.2) is 46.3 Å². The second-order valence-electron chi connectivity index (χ2n) is 17.4. The minimum absolute atomic E-state index is 0.00536. The van der Waals surface area contributed by atoms with Crippen molar-refractivity contribution in [2.45, 2.75) is 0 Å². The van der Waals surface area contributed by atoms with Gasteiger partial charge in [0.05, 0.1) is 84.0 Å².